The van der Waals surface area contributed by atoms with Crippen molar-refractivity contribution < 1.29 is 0 Å². The van der Waals surface area contributed by atoms with Gasteiger partial charge in [0.05, 0.1) is 5.69 Å². The van der Waals surface area contributed by atoms with Crippen LogP contribution in [0, 0.1) is 0 Å². The highest BCUT2D eigenvalue weighted by molar-refractivity contribution is 9.10. The zero-order valence-corrected chi connectivity index (χ0v) is 9.21. The number of nitrogens with zero attached hydrogens (tertiary/aromatic N) is 3. The molecule has 0 radical (unpaired) electrons. The van der Waals surface area contributed by atoms with Crippen LogP contribution in [0.1, 0.15) is 24.5 Å². The van der Waals surface area contributed by atoms with Gasteiger partial charge in [-0.2, -0.15) is 0 Å². The molecule has 0 amide bonds. The van der Waals surface area contributed by atoms with Crippen molar-refractivity contribution in [3.05, 3.63) is 10.3 Å². The van der Waals surface area contributed by atoms with Crippen LogP contribution in [0.25, 0.3) is 0 Å². The fourth-order valence-electron chi connectivity index (χ4n) is 1.86. The van der Waals surface area contributed by atoms with Crippen LogP contribution in [0.15, 0.2) is 4.60 Å². The summed E-state index contributed by atoms with van der Waals surface area (Å²) in [6.45, 7) is 2.18. The molecular weight excluding hydrogens is 232 g/mol. The summed E-state index contributed by atoms with van der Waals surface area (Å²) in [6.07, 6.45) is 2.47. The third-order valence-corrected chi connectivity index (χ3v) is 3.08. The Balaban J connectivity index is 2.22. The fourth-order valence-corrected chi connectivity index (χ4v) is 2.51. The van der Waals surface area contributed by atoms with Gasteiger partial charge >= 0.3 is 0 Å². The lowest BCUT2D eigenvalue weighted by Crippen LogP contribution is -2.29. The van der Waals surface area contributed by atoms with E-state index < -0.39 is 0 Å². The van der Waals surface area contributed by atoms with Crippen LogP contribution < -0.4 is 5.32 Å². The molecule has 0 aliphatic carbocycles. The van der Waals surface area contributed by atoms with Crippen molar-refractivity contribution in [3.63, 3.8) is 0 Å². The van der Waals surface area contributed by atoms with Crippen LogP contribution in [0.2, 0.25) is 0 Å². The van der Waals surface area contributed by atoms with Crippen LogP contribution in [0.3, 0.4) is 0 Å². The maximum Gasteiger partial charge on any atom is 0.151 e. The molecule has 0 spiro atoms. The van der Waals surface area contributed by atoms with Crippen LogP contribution in [0.5, 0.6) is 0 Å². The van der Waals surface area contributed by atoms with Gasteiger partial charge in [-0.25, -0.2) is 0 Å². The number of aromatic nitrogens is 3. The molecule has 1 aromatic rings. The molecule has 0 saturated carbocycles. The van der Waals surface area contributed by atoms with E-state index in [4.69, 9.17) is 0 Å². The van der Waals surface area contributed by atoms with Crippen LogP contribution in [-0.4, -0.2) is 28.1 Å². The fraction of sp³-hybridized carbons (Fsp3) is 0.750. The Hall–Kier alpha value is -0.420. The van der Waals surface area contributed by atoms with Crippen molar-refractivity contribution in [1.29, 1.82) is 0 Å². The molecule has 1 N–H and O–H groups in total. The molecule has 1 aliphatic heterocycles. The maximum absolute atomic E-state index is 3.99. The lowest BCUT2D eigenvalue weighted by Gasteiger charge is -2.22. The summed E-state index contributed by atoms with van der Waals surface area (Å²) in [5, 5.41) is 11.4. The van der Waals surface area contributed by atoms with E-state index in [9.17, 15) is 0 Å². The summed E-state index contributed by atoms with van der Waals surface area (Å²) in [4.78, 5) is 0. The van der Waals surface area contributed by atoms with Crippen LogP contribution >= 0.6 is 15.9 Å². The van der Waals surface area contributed by atoms with Crippen molar-refractivity contribution in [2.24, 2.45) is 7.05 Å². The van der Waals surface area contributed by atoms with Gasteiger partial charge in [0.25, 0.3) is 0 Å². The Morgan fingerprint density at radius 1 is 1.62 bits per heavy atom. The molecule has 0 aromatic carbocycles. The Labute approximate surface area is 85.8 Å². The number of halogens is 1. The second kappa shape index (κ2) is 3.75. The van der Waals surface area contributed by atoms with Crippen molar-refractivity contribution in [2.75, 3.05) is 13.1 Å². The first-order valence-electron chi connectivity index (χ1n) is 4.55. The molecule has 72 valence electrons. The minimum Gasteiger partial charge on any atom is -0.316 e. The third-order valence-electron chi connectivity index (χ3n) is 2.51. The molecule has 2 heterocycles. The summed E-state index contributed by atoms with van der Waals surface area (Å²) in [5.41, 5.74) is 1.22. The molecule has 1 atom stereocenters. The van der Waals surface area contributed by atoms with Gasteiger partial charge in [-0.05, 0) is 35.3 Å². The predicted octanol–water partition coefficient (Wildman–Crippen LogP) is 1.04. The SMILES string of the molecule is Cn1nnc(Br)c1C1CCCNC1. The average molecular weight is 245 g/mol. The number of aryl methyl sites for hydroxylation is 1. The summed E-state index contributed by atoms with van der Waals surface area (Å²) in [5.74, 6) is 0.558. The quantitative estimate of drug-likeness (QED) is 0.804. The van der Waals surface area contributed by atoms with E-state index >= 15 is 0 Å². The Morgan fingerprint density at radius 3 is 3.00 bits per heavy atom. The average Bonchev–Trinajstić information content (AvgIpc) is 2.48. The predicted molar refractivity (Wildman–Crippen MR) is 53.5 cm³/mol. The Bertz CT molecular complexity index is 271. The standard InChI is InChI=1S/C8H13BrN4/c1-13-7(8(9)11-12-13)6-3-2-4-10-5-6/h6,10H,2-5H2,1H3. The van der Waals surface area contributed by atoms with E-state index in [0.717, 1.165) is 17.7 Å². The number of hydrogen-bond acceptors (Lipinski definition) is 3. The Kier molecular flexibility index (Phi) is 2.64. The van der Waals surface area contributed by atoms with E-state index in [1.807, 2.05) is 11.7 Å². The number of nitrogens with one attached hydrogen (secondary N) is 1. The van der Waals surface area contributed by atoms with Crippen molar-refractivity contribution >= 4 is 15.9 Å². The first kappa shape index (κ1) is 9.15. The summed E-state index contributed by atoms with van der Waals surface area (Å²) in [6, 6.07) is 0. The molecular formula is C8H13BrN4. The van der Waals surface area contributed by atoms with Crippen LogP contribution in [0.4, 0.5) is 0 Å². The number of rotatable bonds is 1. The minimum absolute atomic E-state index is 0.558. The molecule has 1 aliphatic rings. The highest BCUT2D eigenvalue weighted by Gasteiger charge is 2.21. The van der Waals surface area contributed by atoms with Gasteiger partial charge in [0.2, 0.25) is 0 Å². The molecule has 1 saturated heterocycles. The van der Waals surface area contributed by atoms with Crippen molar-refractivity contribution in [1.82, 2.24) is 20.3 Å². The van der Waals surface area contributed by atoms with Crippen molar-refractivity contribution in [2.45, 2.75) is 18.8 Å². The minimum atomic E-state index is 0.558. The summed E-state index contributed by atoms with van der Waals surface area (Å²) >= 11 is 3.43. The monoisotopic (exact) mass is 244 g/mol. The maximum atomic E-state index is 3.99. The van der Waals surface area contributed by atoms with Gasteiger partial charge in [0.1, 0.15) is 0 Å². The van der Waals surface area contributed by atoms with Gasteiger partial charge in [0.15, 0.2) is 4.60 Å². The van der Waals surface area contributed by atoms with Gasteiger partial charge in [0, 0.05) is 19.5 Å². The largest absolute Gasteiger partial charge is 0.316 e. The lowest BCUT2D eigenvalue weighted by molar-refractivity contribution is 0.440. The van der Waals surface area contributed by atoms with E-state index in [1.165, 1.54) is 18.5 Å². The first-order valence-corrected chi connectivity index (χ1v) is 5.34. The molecule has 1 unspecified atom stereocenters. The van der Waals surface area contributed by atoms with Crippen molar-refractivity contribution in [3.8, 4) is 0 Å². The van der Waals surface area contributed by atoms with Gasteiger partial charge < -0.3 is 5.32 Å². The third kappa shape index (κ3) is 1.76. The molecule has 0 bridgehead atoms. The van der Waals surface area contributed by atoms with Gasteiger partial charge in [-0.15, -0.1) is 5.10 Å². The molecule has 1 aromatic heterocycles. The highest BCUT2D eigenvalue weighted by Crippen LogP contribution is 2.27. The second-order valence-corrected chi connectivity index (χ2v) is 4.18. The zero-order chi connectivity index (χ0) is 9.26. The normalized spacial score (nSPS) is 23.4. The van der Waals surface area contributed by atoms with Crippen LogP contribution in [-0.2, 0) is 7.05 Å². The topological polar surface area (TPSA) is 42.7 Å². The molecule has 13 heavy (non-hydrogen) atoms. The number of piperidine rings is 1. The first-order chi connectivity index (χ1) is 6.29. The van der Waals surface area contributed by atoms with Gasteiger partial charge in [-0.3, -0.25) is 4.68 Å². The van der Waals surface area contributed by atoms with E-state index in [0.29, 0.717) is 5.92 Å². The summed E-state index contributed by atoms with van der Waals surface area (Å²) in [7, 11) is 1.95. The Morgan fingerprint density at radius 2 is 2.46 bits per heavy atom. The molecule has 2 rings (SSSR count). The zero-order valence-electron chi connectivity index (χ0n) is 7.63. The van der Waals surface area contributed by atoms with E-state index in [-0.39, 0.29) is 0 Å². The van der Waals surface area contributed by atoms with E-state index in [1.54, 1.807) is 0 Å². The number of hydrogen-bond donors (Lipinski definition) is 1. The smallest absolute Gasteiger partial charge is 0.151 e. The summed E-state index contributed by atoms with van der Waals surface area (Å²) < 4.78 is 2.76. The van der Waals surface area contributed by atoms with E-state index in [2.05, 4.69) is 31.6 Å². The van der Waals surface area contributed by atoms with Gasteiger partial charge in [-0.1, -0.05) is 5.21 Å². The molecule has 5 heteroatoms. The second-order valence-electron chi connectivity index (χ2n) is 3.43. The molecule has 4 nitrogen and oxygen atoms in total. The molecule has 1 fully saturated rings. The lowest BCUT2D eigenvalue weighted by atomic mass is 9.97. The highest BCUT2D eigenvalue weighted by atomic mass is 79.9.